The fraction of sp³-hybridized carbons (Fsp3) is 0.688. The summed E-state index contributed by atoms with van der Waals surface area (Å²) in [6.45, 7) is 1.12. The summed E-state index contributed by atoms with van der Waals surface area (Å²) < 4.78 is 6.17. The zero-order valence-corrected chi connectivity index (χ0v) is 14.3. The van der Waals surface area contributed by atoms with Crippen LogP contribution in [-0.4, -0.2) is 57.9 Å². The Bertz CT molecular complexity index is 647. The molecule has 9 nitrogen and oxygen atoms in total. The molecule has 2 aliphatic rings. The largest absolute Gasteiger partial charge is 0.469 e. The second-order valence-corrected chi connectivity index (χ2v) is 6.60. The topological polar surface area (TPSA) is 106 Å². The van der Waals surface area contributed by atoms with Gasteiger partial charge in [-0.1, -0.05) is 11.6 Å². The number of carbonyl (C=O) groups is 3. The SMILES string of the molecule is COC(=O)C1CCN(C(=O)Cn2cc(NC(=O)C3CCC3)nn2)CC1. The van der Waals surface area contributed by atoms with Crippen molar-refractivity contribution in [2.24, 2.45) is 11.8 Å². The predicted octanol–water partition coefficient (Wildman–Crippen LogP) is 0.428. The Morgan fingerprint density at radius 3 is 2.52 bits per heavy atom. The first-order chi connectivity index (χ1) is 12.1. The van der Waals surface area contributed by atoms with E-state index in [2.05, 4.69) is 15.6 Å². The van der Waals surface area contributed by atoms with E-state index in [0.29, 0.717) is 31.7 Å². The van der Waals surface area contributed by atoms with Crippen LogP contribution in [0.3, 0.4) is 0 Å². The number of nitrogens with zero attached hydrogens (tertiary/aromatic N) is 4. The average Bonchev–Trinajstić information content (AvgIpc) is 2.99. The molecule has 0 atom stereocenters. The summed E-state index contributed by atoms with van der Waals surface area (Å²) in [5.74, 6) is -0.0134. The third kappa shape index (κ3) is 4.15. The van der Waals surface area contributed by atoms with Gasteiger partial charge >= 0.3 is 5.97 Å². The zero-order valence-electron chi connectivity index (χ0n) is 14.3. The lowest BCUT2D eigenvalue weighted by atomic mass is 9.85. The number of piperidine rings is 1. The van der Waals surface area contributed by atoms with Crippen LogP contribution in [0.5, 0.6) is 0 Å². The summed E-state index contributed by atoms with van der Waals surface area (Å²) in [5, 5.41) is 10.5. The Balaban J connectivity index is 1.47. The minimum Gasteiger partial charge on any atom is -0.469 e. The first-order valence-electron chi connectivity index (χ1n) is 8.63. The second kappa shape index (κ2) is 7.62. The van der Waals surface area contributed by atoms with E-state index in [-0.39, 0.29) is 36.2 Å². The van der Waals surface area contributed by atoms with E-state index >= 15 is 0 Å². The molecule has 0 unspecified atom stereocenters. The standard InChI is InChI=1S/C16H23N5O4/c1-25-16(24)12-5-7-20(8-6-12)14(22)10-21-9-13(18-19-21)17-15(23)11-3-2-4-11/h9,11-12H,2-8,10H2,1H3,(H,17,23). The van der Waals surface area contributed by atoms with Crippen LogP contribution in [0.15, 0.2) is 6.20 Å². The summed E-state index contributed by atoms with van der Waals surface area (Å²) >= 11 is 0. The van der Waals surface area contributed by atoms with Crippen molar-refractivity contribution in [3.63, 3.8) is 0 Å². The van der Waals surface area contributed by atoms with Gasteiger partial charge < -0.3 is 15.0 Å². The van der Waals surface area contributed by atoms with Crippen LogP contribution in [0, 0.1) is 11.8 Å². The van der Waals surface area contributed by atoms with E-state index in [1.165, 1.54) is 11.8 Å². The van der Waals surface area contributed by atoms with Crippen LogP contribution in [0.4, 0.5) is 5.82 Å². The number of likely N-dealkylation sites (tertiary alicyclic amines) is 1. The highest BCUT2D eigenvalue weighted by Crippen LogP contribution is 2.27. The van der Waals surface area contributed by atoms with Crippen LogP contribution in [-0.2, 0) is 25.7 Å². The van der Waals surface area contributed by atoms with Gasteiger partial charge in [0.2, 0.25) is 11.8 Å². The van der Waals surface area contributed by atoms with Crippen LogP contribution >= 0.6 is 0 Å². The highest BCUT2D eigenvalue weighted by molar-refractivity contribution is 5.92. The number of nitrogens with one attached hydrogen (secondary N) is 1. The average molecular weight is 349 g/mol. The second-order valence-electron chi connectivity index (χ2n) is 6.60. The number of hydrogen-bond donors (Lipinski definition) is 1. The lowest BCUT2D eigenvalue weighted by Gasteiger charge is -2.30. The number of rotatable bonds is 5. The molecule has 2 fully saturated rings. The molecule has 9 heteroatoms. The summed E-state index contributed by atoms with van der Waals surface area (Å²) in [5.41, 5.74) is 0. The van der Waals surface area contributed by atoms with E-state index in [4.69, 9.17) is 4.74 Å². The van der Waals surface area contributed by atoms with Crippen molar-refractivity contribution in [1.29, 1.82) is 0 Å². The van der Waals surface area contributed by atoms with Gasteiger partial charge in [-0.15, -0.1) is 5.10 Å². The molecule has 1 aliphatic heterocycles. The van der Waals surface area contributed by atoms with Gasteiger partial charge in [-0.05, 0) is 25.7 Å². The molecule has 0 radical (unpaired) electrons. The molecule has 1 aromatic rings. The van der Waals surface area contributed by atoms with Crippen molar-refractivity contribution < 1.29 is 19.1 Å². The number of esters is 1. The maximum atomic E-state index is 12.3. The summed E-state index contributed by atoms with van der Waals surface area (Å²) in [4.78, 5) is 37.5. The zero-order chi connectivity index (χ0) is 17.8. The van der Waals surface area contributed by atoms with Gasteiger partial charge in [0.25, 0.3) is 0 Å². The van der Waals surface area contributed by atoms with E-state index in [0.717, 1.165) is 19.3 Å². The number of methoxy groups -OCH3 is 1. The molecule has 0 bridgehead atoms. The molecule has 1 saturated heterocycles. The maximum Gasteiger partial charge on any atom is 0.308 e. The molecule has 3 rings (SSSR count). The minimum absolute atomic E-state index is 0.0329. The molecular weight excluding hydrogens is 326 g/mol. The van der Waals surface area contributed by atoms with Gasteiger partial charge in [0.05, 0.1) is 19.2 Å². The van der Waals surface area contributed by atoms with Gasteiger partial charge in [-0.3, -0.25) is 14.4 Å². The highest BCUT2D eigenvalue weighted by Gasteiger charge is 2.28. The molecule has 2 amide bonds. The molecule has 25 heavy (non-hydrogen) atoms. The van der Waals surface area contributed by atoms with Gasteiger partial charge in [-0.25, -0.2) is 4.68 Å². The molecule has 0 aromatic carbocycles. The van der Waals surface area contributed by atoms with E-state index < -0.39 is 0 Å². The van der Waals surface area contributed by atoms with Crippen molar-refractivity contribution in [1.82, 2.24) is 19.9 Å². The fourth-order valence-corrected chi connectivity index (χ4v) is 3.10. The molecule has 1 saturated carbocycles. The Labute approximate surface area is 145 Å². The van der Waals surface area contributed by atoms with Gasteiger partial charge in [0, 0.05) is 19.0 Å². The molecule has 1 N–H and O–H groups in total. The third-order valence-electron chi connectivity index (χ3n) is 4.95. The quantitative estimate of drug-likeness (QED) is 0.773. The summed E-state index contributed by atoms with van der Waals surface area (Å²) in [6, 6.07) is 0. The van der Waals surface area contributed by atoms with E-state index in [1.54, 1.807) is 11.1 Å². The van der Waals surface area contributed by atoms with Gasteiger partial charge in [-0.2, -0.15) is 0 Å². The van der Waals surface area contributed by atoms with Gasteiger partial charge in [0.15, 0.2) is 5.82 Å². The maximum absolute atomic E-state index is 12.3. The van der Waals surface area contributed by atoms with Crippen molar-refractivity contribution >= 4 is 23.6 Å². The molecule has 0 spiro atoms. The number of ether oxygens (including phenoxy) is 1. The Hall–Kier alpha value is -2.45. The van der Waals surface area contributed by atoms with E-state index in [1.807, 2.05) is 0 Å². The Morgan fingerprint density at radius 1 is 1.20 bits per heavy atom. The van der Waals surface area contributed by atoms with Crippen molar-refractivity contribution in [3.05, 3.63) is 6.20 Å². The fourth-order valence-electron chi connectivity index (χ4n) is 3.10. The van der Waals surface area contributed by atoms with Crippen LogP contribution in [0.2, 0.25) is 0 Å². The number of hydrogen-bond acceptors (Lipinski definition) is 6. The predicted molar refractivity (Wildman–Crippen MR) is 87.3 cm³/mol. The van der Waals surface area contributed by atoms with E-state index in [9.17, 15) is 14.4 Å². The highest BCUT2D eigenvalue weighted by atomic mass is 16.5. The van der Waals surface area contributed by atoms with Crippen molar-refractivity contribution in [3.8, 4) is 0 Å². The lowest BCUT2D eigenvalue weighted by molar-refractivity contribution is -0.149. The molecule has 2 heterocycles. The Kier molecular flexibility index (Phi) is 5.30. The normalized spacial score (nSPS) is 18.5. The van der Waals surface area contributed by atoms with Crippen LogP contribution in [0.25, 0.3) is 0 Å². The molecule has 1 aromatic heterocycles. The molecular formula is C16H23N5O4. The van der Waals surface area contributed by atoms with Crippen molar-refractivity contribution in [2.75, 3.05) is 25.5 Å². The minimum atomic E-state index is -0.213. The smallest absolute Gasteiger partial charge is 0.308 e. The third-order valence-corrected chi connectivity index (χ3v) is 4.95. The summed E-state index contributed by atoms with van der Waals surface area (Å²) in [7, 11) is 1.38. The Morgan fingerprint density at radius 2 is 1.92 bits per heavy atom. The number of anilines is 1. The van der Waals surface area contributed by atoms with Crippen LogP contribution in [0.1, 0.15) is 32.1 Å². The first-order valence-corrected chi connectivity index (χ1v) is 8.63. The number of aromatic nitrogens is 3. The molecule has 136 valence electrons. The number of carbonyl (C=O) groups excluding carboxylic acids is 3. The van der Waals surface area contributed by atoms with Crippen LogP contribution < -0.4 is 5.32 Å². The molecule has 1 aliphatic carbocycles. The number of amides is 2. The lowest BCUT2D eigenvalue weighted by Crippen LogP contribution is -2.42. The first kappa shape index (κ1) is 17.4. The summed E-state index contributed by atoms with van der Waals surface area (Å²) in [6.07, 6.45) is 5.71. The van der Waals surface area contributed by atoms with Crippen molar-refractivity contribution in [2.45, 2.75) is 38.6 Å². The monoisotopic (exact) mass is 349 g/mol. The van der Waals surface area contributed by atoms with Gasteiger partial charge in [0.1, 0.15) is 6.54 Å².